The van der Waals surface area contributed by atoms with Crippen LogP contribution in [-0.4, -0.2) is 94.9 Å². The summed E-state index contributed by atoms with van der Waals surface area (Å²) in [6.07, 6.45) is 0. The van der Waals surface area contributed by atoms with Gasteiger partial charge in [0.15, 0.2) is 5.96 Å². The number of nitrogens with zero attached hydrogens (tertiary/aromatic N) is 3. The van der Waals surface area contributed by atoms with Gasteiger partial charge < -0.3 is 25.0 Å². The first kappa shape index (κ1) is 22.3. The fourth-order valence-corrected chi connectivity index (χ4v) is 2.98. The first-order valence-corrected chi connectivity index (χ1v) is 9.82. The number of amides is 1. The molecule has 1 heterocycles. The summed E-state index contributed by atoms with van der Waals surface area (Å²) in [5, 5.41) is 6.61. The van der Waals surface area contributed by atoms with Crippen LogP contribution >= 0.6 is 11.6 Å². The molecule has 28 heavy (non-hydrogen) atoms. The molecule has 1 aliphatic rings. The van der Waals surface area contributed by atoms with Crippen molar-refractivity contribution in [2.75, 3.05) is 73.2 Å². The second-order valence-electron chi connectivity index (χ2n) is 6.37. The minimum Gasteiger partial charge on any atom is -0.492 e. The van der Waals surface area contributed by atoms with Crippen LogP contribution in [0, 0.1) is 0 Å². The number of guanidine groups is 1. The average molecular weight is 412 g/mol. The zero-order valence-corrected chi connectivity index (χ0v) is 17.4. The minimum absolute atomic E-state index is 0.0730. The van der Waals surface area contributed by atoms with Crippen LogP contribution in [0.2, 0.25) is 5.02 Å². The minimum atomic E-state index is -0.0730. The SMILES string of the molecule is CN=C(NCC(=O)NCCOC)N1CCN(CCOc2ccc(Cl)cc2)CC1. The molecule has 1 aliphatic heterocycles. The van der Waals surface area contributed by atoms with Crippen molar-refractivity contribution in [2.45, 2.75) is 0 Å². The zero-order chi connectivity index (χ0) is 20.2. The van der Waals surface area contributed by atoms with E-state index in [2.05, 4.69) is 25.4 Å². The molecule has 2 N–H and O–H groups in total. The van der Waals surface area contributed by atoms with Gasteiger partial charge in [0.1, 0.15) is 12.4 Å². The third-order valence-corrected chi connectivity index (χ3v) is 4.66. The molecular weight excluding hydrogens is 382 g/mol. The number of ether oxygens (including phenoxy) is 2. The normalized spacial score (nSPS) is 15.4. The summed E-state index contributed by atoms with van der Waals surface area (Å²) in [6.45, 7) is 6.26. The van der Waals surface area contributed by atoms with Gasteiger partial charge in [-0.1, -0.05) is 11.6 Å². The number of rotatable bonds is 9. The fraction of sp³-hybridized carbons (Fsp3) is 0.579. The van der Waals surface area contributed by atoms with Crippen LogP contribution in [0.5, 0.6) is 5.75 Å². The zero-order valence-electron chi connectivity index (χ0n) is 16.6. The van der Waals surface area contributed by atoms with E-state index in [-0.39, 0.29) is 12.5 Å². The van der Waals surface area contributed by atoms with Crippen molar-refractivity contribution in [1.29, 1.82) is 0 Å². The lowest BCUT2D eigenvalue weighted by atomic mass is 10.3. The quantitative estimate of drug-likeness (QED) is 0.353. The van der Waals surface area contributed by atoms with E-state index in [0.717, 1.165) is 44.4 Å². The van der Waals surface area contributed by atoms with Gasteiger partial charge in [-0.15, -0.1) is 0 Å². The summed E-state index contributed by atoms with van der Waals surface area (Å²) in [5.74, 6) is 1.51. The van der Waals surface area contributed by atoms with Gasteiger partial charge in [-0.05, 0) is 24.3 Å². The Labute approximate surface area is 171 Å². The molecule has 0 bridgehead atoms. The van der Waals surface area contributed by atoms with Gasteiger partial charge in [-0.3, -0.25) is 14.7 Å². The van der Waals surface area contributed by atoms with Crippen LogP contribution in [0.4, 0.5) is 0 Å². The predicted octanol–water partition coefficient (Wildman–Crippen LogP) is 0.674. The standard InChI is InChI=1S/C19H30ClN5O3/c1-21-19(23-15-18(26)22-7-13-27-2)25-10-8-24(9-11-25)12-14-28-17-5-3-16(20)4-6-17/h3-6H,7-15H2,1-2H3,(H,21,23)(H,22,26). The molecule has 0 spiro atoms. The Bertz CT molecular complexity index is 619. The van der Waals surface area contributed by atoms with Crippen LogP contribution in [0.25, 0.3) is 0 Å². The monoisotopic (exact) mass is 411 g/mol. The maximum atomic E-state index is 11.8. The van der Waals surface area contributed by atoms with E-state index < -0.39 is 0 Å². The summed E-state index contributed by atoms with van der Waals surface area (Å²) >= 11 is 5.88. The second-order valence-corrected chi connectivity index (χ2v) is 6.81. The number of methoxy groups -OCH3 is 1. The van der Waals surface area contributed by atoms with E-state index in [1.54, 1.807) is 14.2 Å². The summed E-state index contributed by atoms with van der Waals surface area (Å²) < 4.78 is 10.7. The Kier molecular flexibility index (Phi) is 9.88. The lowest BCUT2D eigenvalue weighted by Gasteiger charge is -2.36. The molecule has 0 unspecified atom stereocenters. The molecule has 1 saturated heterocycles. The van der Waals surface area contributed by atoms with Crippen LogP contribution in [-0.2, 0) is 9.53 Å². The molecule has 156 valence electrons. The third-order valence-electron chi connectivity index (χ3n) is 4.41. The van der Waals surface area contributed by atoms with E-state index in [9.17, 15) is 4.79 Å². The second kappa shape index (κ2) is 12.4. The molecule has 2 rings (SSSR count). The van der Waals surface area contributed by atoms with Crippen molar-refractivity contribution in [3.8, 4) is 5.75 Å². The average Bonchev–Trinajstić information content (AvgIpc) is 2.71. The van der Waals surface area contributed by atoms with Gasteiger partial charge >= 0.3 is 0 Å². The molecule has 8 nitrogen and oxygen atoms in total. The van der Waals surface area contributed by atoms with Crippen LogP contribution < -0.4 is 15.4 Å². The van der Waals surface area contributed by atoms with E-state index in [0.29, 0.717) is 24.8 Å². The van der Waals surface area contributed by atoms with Crippen molar-refractivity contribution in [1.82, 2.24) is 20.4 Å². The number of hydrogen-bond acceptors (Lipinski definition) is 5. The lowest BCUT2D eigenvalue weighted by Crippen LogP contribution is -2.54. The summed E-state index contributed by atoms with van der Waals surface area (Å²) in [4.78, 5) is 20.6. The molecular formula is C19H30ClN5O3. The largest absolute Gasteiger partial charge is 0.492 e. The number of benzene rings is 1. The molecule has 0 radical (unpaired) electrons. The maximum absolute atomic E-state index is 11.8. The first-order chi connectivity index (χ1) is 13.6. The number of nitrogens with one attached hydrogen (secondary N) is 2. The lowest BCUT2D eigenvalue weighted by molar-refractivity contribution is -0.120. The predicted molar refractivity (Wildman–Crippen MR) is 111 cm³/mol. The highest BCUT2D eigenvalue weighted by Crippen LogP contribution is 2.15. The van der Waals surface area contributed by atoms with Crippen LogP contribution in [0.15, 0.2) is 29.3 Å². The van der Waals surface area contributed by atoms with E-state index in [1.165, 1.54) is 0 Å². The summed E-state index contributed by atoms with van der Waals surface area (Å²) in [7, 11) is 3.34. The number of carbonyl (C=O) groups is 1. The van der Waals surface area contributed by atoms with Gasteiger partial charge in [0.2, 0.25) is 5.91 Å². The highest BCUT2D eigenvalue weighted by molar-refractivity contribution is 6.30. The van der Waals surface area contributed by atoms with E-state index in [1.807, 2.05) is 24.3 Å². The molecule has 9 heteroatoms. The van der Waals surface area contributed by atoms with Gasteiger partial charge in [-0.25, -0.2) is 0 Å². The molecule has 0 aromatic heterocycles. The Morgan fingerprint density at radius 3 is 2.50 bits per heavy atom. The Morgan fingerprint density at radius 1 is 1.14 bits per heavy atom. The highest BCUT2D eigenvalue weighted by Gasteiger charge is 2.19. The molecule has 0 atom stereocenters. The number of halogens is 1. The highest BCUT2D eigenvalue weighted by atomic mass is 35.5. The maximum Gasteiger partial charge on any atom is 0.239 e. The number of aliphatic imine (C=N–C) groups is 1. The van der Waals surface area contributed by atoms with Crippen molar-refractivity contribution in [3.05, 3.63) is 29.3 Å². The van der Waals surface area contributed by atoms with E-state index >= 15 is 0 Å². The smallest absolute Gasteiger partial charge is 0.239 e. The molecule has 1 aromatic carbocycles. The van der Waals surface area contributed by atoms with Gasteiger partial charge in [0, 0.05) is 58.4 Å². The molecule has 1 fully saturated rings. The Balaban J connectivity index is 1.64. The fourth-order valence-electron chi connectivity index (χ4n) is 2.85. The van der Waals surface area contributed by atoms with Crippen molar-refractivity contribution in [2.24, 2.45) is 4.99 Å². The van der Waals surface area contributed by atoms with Crippen LogP contribution in [0.1, 0.15) is 0 Å². The summed E-state index contributed by atoms with van der Waals surface area (Å²) in [5.41, 5.74) is 0. The number of carbonyl (C=O) groups excluding carboxylic acids is 1. The third kappa shape index (κ3) is 7.92. The molecule has 0 aliphatic carbocycles. The Hall–Kier alpha value is -2.03. The molecule has 0 saturated carbocycles. The van der Waals surface area contributed by atoms with E-state index in [4.69, 9.17) is 21.1 Å². The number of piperazine rings is 1. The Morgan fingerprint density at radius 2 is 1.86 bits per heavy atom. The topological polar surface area (TPSA) is 78.4 Å². The first-order valence-electron chi connectivity index (χ1n) is 9.44. The van der Waals surface area contributed by atoms with Gasteiger partial charge in [-0.2, -0.15) is 0 Å². The van der Waals surface area contributed by atoms with Gasteiger partial charge in [0.05, 0.1) is 13.2 Å². The molecule has 1 aromatic rings. The van der Waals surface area contributed by atoms with Crippen LogP contribution in [0.3, 0.4) is 0 Å². The van der Waals surface area contributed by atoms with Crippen molar-refractivity contribution >= 4 is 23.5 Å². The number of hydrogen-bond donors (Lipinski definition) is 2. The van der Waals surface area contributed by atoms with Gasteiger partial charge in [0.25, 0.3) is 0 Å². The van der Waals surface area contributed by atoms with Crippen molar-refractivity contribution < 1.29 is 14.3 Å². The molecule has 1 amide bonds. The van der Waals surface area contributed by atoms with Crippen molar-refractivity contribution in [3.63, 3.8) is 0 Å². The summed E-state index contributed by atoms with van der Waals surface area (Å²) in [6, 6.07) is 7.40.